The zero-order valence-corrected chi connectivity index (χ0v) is 30.2. The van der Waals surface area contributed by atoms with Gasteiger partial charge in [0.1, 0.15) is 11.2 Å². The predicted octanol–water partition coefficient (Wildman–Crippen LogP) is 13.2. The van der Waals surface area contributed by atoms with Gasteiger partial charge in [-0.3, -0.25) is 4.57 Å². The second kappa shape index (κ2) is 13.0. The maximum Gasteiger partial charge on any atom is 0.238 e. The third-order valence-electron chi connectivity index (χ3n) is 10.7. The van der Waals surface area contributed by atoms with Crippen LogP contribution in [0.5, 0.6) is 0 Å². The number of fused-ring (bicyclic) bond motifs is 6. The Morgan fingerprint density at radius 1 is 0.339 bits per heavy atom. The minimum Gasteiger partial charge on any atom is -0.456 e. The number of para-hydroxylation sites is 2. The molecule has 3 heterocycles. The summed E-state index contributed by atoms with van der Waals surface area (Å²) in [6.07, 6.45) is 0. The third-order valence-corrected chi connectivity index (χ3v) is 10.7. The predicted molar refractivity (Wildman–Crippen MR) is 229 cm³/mol. The third kappa shape index (κ3) is 5.29. The summed E-state index contributed by atoms with van der Waals surface area (Å²) < 4.78 is 8.66. The van der Waals surface area contributed by atoms with Crippen LogP contribution in [0.15, 0.2) is 199 Å². The number of hydrogen-bond acceptors (Lipinski definition) is 4. The van der Waals surface area contributed by atoms with Crippen LogP contribution in [0.2, 0.25) is 0 Å². The molecule has 0 aliphatic heterocycles. The van der Waals surface area contributed by atoms with Gasteiger partial charge in [-0.2, -0.15) is 9.97 Å². The van der Waals surface area contributed by atoms with Crippen LogP contribution in [0.4, 0.5) is 0 Å². The zero-order valence-electron chi connectivity index (χ0n) is 30.2. The van der Waals surface area contributed by atoms with Gasteiger partial charge in [0.2, 0.25) is 5.95 Å². The molecule has 0 atom stereocenters. The van der Waals surface area contributed by atoms with E-state index in [4.69, 9.17) is 19.4 Å². The van der Waals surface area contributed by atoms with Crippen LogP contribution in [0.1, 0.15) is 0 Å². The van der Waals surface area contributed by atoms with Gasteiger partial charge in [0, 0.05) is 32.7 Å². The summed E-state index contributed by atoms with van der Waals surface area (Å²) in [6.45, 7) is 0. The van der Waals surface area contributed by atoms with E-state index in [0.717, 1.165) is 88.3 Å². The maximum absolute atomic E-state index is 6.50. The first-order valence-electron chi connectivity index (χ1n) is 18.8. The van der Waals surface area contributed by atoms with E-state index < -0.39 is 0 Å². The van der Waals surface area contributed by atoms with Gasteiger partial charge in [-0.15, -0.1) is 0 Å². The van der Waals surface area contributed by atoms with Crippen molar-refractivity contribution < 1.29 is 4.42 Å². The quantitative estimate of drug-likeness (QED) is 0.172. The van der Waals surface area contributed by atoms with Crippen LogP contribution in [0.3, 0.4) is 0 Å². The summed E-state index contributed by atoms with van der Waals surface area (Å²) in [5.74, 6) is 1.76. The number of rotatable bonds is 6. The molecule has 0 N–H and O–H groups in total. The number of benzene rings is 8. The Morgan fingerprint density at radius 2 is 0.929 bits per heavy atom. The smallest absolute Gasteiger partial charge is 0.238 e. The highest BCUT2D eigenvalue weighted by Gasteiger charge is 2.20. The number of furan rings is 1. The molecule has 0 amide bonds. The summed E-state index contributed by atoms with van der Waals surface area (Å²) in [7, 11) is 0. The highest BCUT2D eigenvalue weighted by Crippen LogP contribution is 2.40. The number of aromatic nitrogens is 4. The van der Waals surface area contributed by atoms with Crippen LogP contribution < -0.4 is 0 Å². The fraction of sp³-hybridized carbons (Fsp3) is 0. The van der Waals surface area contributed by atoms with Crippen LogP contribution in [-0.2, 0) is 0 Å². The molecule has 11 rings (SSSR count). The highest BCUT2D eigenvalue weighted by atomic mass is 16.3. The first-order chi connectivity index (χ1) is 27.8. The standard InChI is InChI=1S/C51H32N4O/c1-3-15-33(16-4-1)35-29-30-43-47(32-35)56-46-28-14-25-39(48(43)46)36-19-13-20-37(31-36)49-52-50(42-24-8-7-21-38(42)34-17-5-2-6-18-34)54-51(53-49)55-44-26-11-9-22-40(44)41-23-10-12-27-45(41)55/h1-32H. The molecule has 0 radical (unpaired) electrons. The van der Waals surface area contributed by atoms with Crippen molar-refractivity contribution in [3.05, 3.63) is 194 Å². The first-order valence-corrected chi connectivity index (χ1v) is 18.8. The maximum atomic E-state index is 6.50. The molecule has 8 aromatic carbocycles. The SMILES string of the molecule is c1ccc(-c2ccc3c(c2)oc2cccc(-c4cccc(-c5nc(-c6ccccc6-c6ccccc6)nc(-n6c7ccccc7c7ccccc76)n5)c4)c23)cc1. The molecular weight excluding hydrogens is 685 g/mol. The average molecular weight is 717 g/mol. The average Bonchev–Trinajstić information content (AvgIpc) is 3.82. The lowest BCUT2D eigenvalue weighted by atomic mass is 9.97. The molecule has 3 aromatic heterocycles. The Hall–Kier alpha value is -7.63. The summed E-state index contributed by atoms with van der Waals surface area (Å²) in [5, 5.41) is 4.46. The van der Waals surface area contributed by atoms with E-state index in [1.807, 2.05) is 24.3 Å². The van der Waals surface area contributed by atoms with Gasteiger partial charge in [-0.25, -0.2) is 4.98 Å². The zero-order chi connectivity index (χ0) is 37.0. The molecule has 5 heteroatoms. The normalized spacial score (nSPS) is 11.6. The molecule has 0 saturated carbocycles. The molecule has 0 saturated heterocycles. The summed E-state index contributed by atoms with van der Waals surface area (Å²) in [5.41, 5.74) is 12.2. The van der Waals surface area contributed by atoms with Gasteiger partial charge < -0.3 is 4.42 Å². The molecule has 0 aliphatic carbocycles. The van der Waals surface area contributed by atoms with E-state index in [2.05, 4.69) is 174 Å². The molecule has 0 bridgehead atoms. The van der Waals surface area contributed by atoms with Gasteiger partial charge in [0.25, 0.3) is 0 Å². The second-order valence-electron chi connectivity index (χ2n) is 14.0. The summed E-state index contributed by atoms with van der Waals surface area (Å²) >= 11 is 0. The second-order valence-corrected chi connectivity index (χ2v) is 14.0. The van der Waals surface area contributed by atoms with Crippen molar-refractivity contribution in [2.24, 2.45) is 0 Å². The number of hydrogen-bond donors (Lipinski definition) is 0. The van der Waals surface area contributed by atoms with E-state index in [9.17, 15) is 0 Å². The Balaban J connectivity index is 1.11. The van der Waals surface area contributed by atoms with Crippen molar-refractivity contribution in [3.8, 4) is 62.1 Å². The Labute approximate surface area is 322 Å². The molecule has 0 spiro atoms. The minimum absolute atomic E-state index is 0.563. The van der Waals surface area contributed by atoms with Crippen LogP contribution >= 0.6 is 0 Å². The molecule has 11 aromatic rings. The molecule has 0 fully saturated rings. The van der Waals surface area contributed by atoms with E-state index in [1.54, 1.807) is 0 Å². The minimum atomic E-state index is 0.563. The Kier molecular flexibility index (Phi) is 7.42. The van der Waals surface area contributed by atoms with Gasteiger partial charge >= 0.3 is 0 Å². The van der Waals surface area contributed by atoms with Crippen molar-refractivity contribution in [2.75, 3.05) is 0 Å². The van der Waals surface area contributed by atoms with E-state index in [1.165, 1.54) is 0 Å². The fourth-order valence-corrected chi connectivity index (χ4v) is 8.10. The van der Waals surface area contributed by atoms with Crippen molar-refractivity contribution in [2.45, 2.75) is 0 Å². The van der Waals surface area contributed by atoms with E-state index >= 15 is 0 Å². The Morgan fingerprint density at radius 3 is 1.70 bits per heavy atom. The van der Waals surface area contributed by atoms with Crippen molar-refractivity contribution >= 4 is 43.7 Å². The molecule has 262 valence electrons. The lowest BCUT2D eigenvalue weighted by Gasteiger charge is -2.14. The molecule has 0 unspecified atom stereocenters. The van der Waals surface area contributed by atoms with Crippen molar-refractivity contribution in [1.82, 2.24) is 19.5 Å². The fourth-order valence-electron chi connectivity index (χ4n) is 8.10. The van der Waals surface area contributed by atoms with Gasteiger partial charge in [0.05, 0.1) is 11.0 Å². The van der Waals surface area contributed by atoms with Crippen LogP contribution in [0.25, 0.3) is 106 Å². The molecule has 5 nitrogen and oxygen atoms in total. The van der Waals surface area contributed by atoms with Gasteiger partial charge in [-0.05, 0) is 69.8 Å². The topological polar surface area (TPSA) is 56.7 Å². The largest absolute Gasteiger partial charge is 0.456 e. The highest BCUT2D eigenvalue weighted by molar-refractivity contribution is 6.13. The van der Waals surface area contributed by atoms with Crippen molar-refractivity contribution in [1.29, 1.82) is 0 Å². The van der Waals surface area contributed by atoms with E-state index in [-0.39, 0.29) is 0 Å². The summed E-state index contributed by atoms with van der Waals surface area (Å²) in [6, 6.07) is 67.3. The Bertz CT molecular complexity index is 3200. The van der Waals surface area contributed by atoms with Gasteiger partial charge in [-0.1, -0.05) is 158 Å². The number of nitrogens with zero attached hydrogens (tertiary/aromatic N) is 4. The van der Waals surface area contributed by atoms with E-state index in [0.29, 0.717) is 17.6 Å². The lowest BCUT2D eigenvalue weighted by Crippen LogP contribution is -2.07. The molecule has 56 heavy (non-hydrogen) atoms. The molecule has 0 aliphatic rings. The van der Waals surface area contributed by atoms with Crippen molar-refractivity contribution in [3.63, 3.8) is 0 Å². The first kappa shape index (κ1) is 31.9. The van der Waals surface area contributed by atoms with Crippen LogP contribution in [-0.4, -0.2) is 19.5 Å². The molecular formula is C51H32N4O. The summed E-state index contributed by atoms with van der Waals surface area (Å²) in [4.78, 5) is 15.8. The lowest BCUT2D eigenvalue weighted by molar-refractivity contribution is 0.669. The van der Waals surface area contributed by atoms with Crippen LogP contribution in [0, 0.1) is 0 Å². The monoisotopic (exact) mass is 716 g/mol. The van der Waals surface area contributed by atoms with Gasteiger partial charge in [0.15, 0.2) is 11.6 Å².